The molecular weight excluding hydrogens is 374 g/mol. The molecule has 3 rings (SSSR count). The summed E-state index contributed by atoms with van der Waals surface area (Å²) in [5.41, 5.74) is 4.20. The molecule has 0 amide bonds. The Morgan fingerprint density at radius 1 is 0.800 bits per heavy atom. The lowest BCUT2D eigenvalue weighted by Gasteiger charge is -2.11. The Morgan fingerprint density at radius 3 is 2.17 bits per heavy atom. The van der Waals surface area contributed by atoms with Crippen LogP contribution in [0.2, 0.25) is 0 Å². The Morgan fingerprint density at radius 2 is 1.47 bits per heavy atom. The van der Waals surface area contributed by atoms with E-state index in [2.05, 4.69) is 30.3 Å². The van der Waals surface area contributed by atoms with Crippen LogP contribution >= 0.6 is 0 Å². The molecule has 2 aromatic carbocycles. The predicted octanol–water partition coefficient (Wildman–Crippen LogP) is 6.31. The molecule has 0 saturated carbocycles. The lowest BCUT2D eigenvalue weighted by molar-refractivity contribution is -0.143. The summed E-state index contributed by atoms with van der Waals surface area (Å²) in [5, 5.41) is 0. The van der Waals surface area contributed by atoms with Crippen molar-refractivity contribution in [3.63, 3.8) is 0 Å². The van der Waals surface area contributed by atoms with Crippen LogP contribution in [-0.2, 0) is 9.53 Å². The molecule has 4 heteroatoms. The first-order valence-electron chi connectivity index (χ1n) is 10.7. The second-order valence-corrected chi connectivity index (χ2v) is 7.13. The summed E-state index contributed by atoms with van der Waals surface area (Å²) in [7, 11) is 0. The van der Waals surface area contributed by atoms with Gasteiger partial charge in [0.05, 0.1) is 18.9 Å². The number of pyridine rings is 1. The summed E-state index contributed by atoms with van der Waals surface area (Å²) in [5.74, 6) is 0.533. The van der Waals surface area contributed by atoms with Crippen LogP contribution in [0.1, 0.15) is 39.0 Å². The first-order chi connectivity index (χ1) is 14.8. The third-order valence-electron chi connectivity index (χ3n) is 4.81. The summed E-state index contributed by atoms with van der Waals surface area (Å²) in [6, 6.07) is 24.5. The minimum absolute atomic E-state index is 0.107. The molecule has 0 aliphatic heterocycles. The first kappa shape index (κ1) is 21.6. The summed E-state index contributed by atoms with van der Waals surface area (Å²) < 4.78 is 10.9. The van der Waals surface area contributed by atoms with Crippen LogP contribution in [0.25, 0.3) is 22.4 Å². The number of rotatable bonds is 11. The number of aromatic nitrogens is 1. The van der Waals surface area contributed by atoms with Gasteiger partial charge < -0.3 is 9.47 Å². The van der Waals surface area contributed by atoms with Crippen LogP contribution in [0.3, 0.4) is 0 Å². The van der Waals surface area contributed by atoms with E-state index >= 15 is 0 Å². The summed E-state index contributed by atoms with van der Waals surface area (Å²) in [6.07, 6.45) is 4.30. The fourth-order valence-electron chi connectivity index (χ4n) is 3.27. The zero-order chi connectivity index (χ0) is 21.0. The molecule has 0 saturated heterocycles. The van der Waals surface area contributed by atoms with Gasteiger partial charge in [-0.05, 0) is 37.0 Å². The lowest BCUT2D eigenvalue weighted by atomic mass is 10.0. The second-order valence-electron chi connectivity index (χ2n) is 7.13. The highest BCUT2D eigenvalue weighted by Gasteiger charge is 2.08. The maximum atomic E-state index is 11.4. The molecule has 0 aliphatic carbocycles. The van der Waals surface area contributed by atoms with Crippen molar-refractivity contribution in [3.05, 3.63) is 72.8 Å². The van der Waals surface area contributed by atoms with Crippen molar-refractivity contribution in [2.75, 3.05) is 13.2 Å². The number of carbonyl (C=O) groups is 1. The van der Waals surface area contributed by atoms with E-state index in [9.17, 15) is 4.79 Å². The molecule has 0 N–H and O–H groups in total. The van der Waals surface area contributed by atoms with E-state index in [-0.39, 0.29) is 5.97 Å². The van der Waals surface area contributed by atoms with E-state index in [1.165, 1.54) is 0 Å². The van der Waals surface area contributed by atoms with Crippen LogP contribution in [0.5, 0.6) is 5.88 Å². The van der Waals surface area contributed by atoms with E-state index in [0.717, 1.165) is 48.1 Å². The van der Waals surface area contributed by atoms with Crippen LogP contribution in [0.4, 0.5) is 0 Å². The smallest absolute Gasteiger partial charge is 0.305 e. The van der Waals surface area contributed by atoms with Crippen LogP contribution in [0, 0.1) is 0 Å². The molecule has 30 heavy (non-hydrogen) atoms. The van der Waals surface area contributed by atoms with Gasteiger partial charge in [-0.3, -0.25) is 4.79 Å². The lowest BCUT2D eigenvalue weighted by Crippen LogP contribution is -2.03. The van der Waals surface area contributed by atoms with Gasteiger partial charge in [-0.25, -0.2) is 4.98 Å². The number of benzene rings is 2. The van der Waals surface area contributed by atoms with E-state index in [1.807, 2.05) is 49.4 Å². The van der Waals surface area contributed by atoms with Crippen molar-refractivity contribution < 1.29 is 14.3 Å². The molecule has 0 bridgehead atoms. The molecule has 4 nitrogen and oxygen atoms in total. The van der Waals surface area contributed by atoms with Crippen LogP contribution < -0.4 is 4.74 Å². The quantitative estimate of drug-likeness (QED) is 0.278. The van der Waals surface area contributed by atoms with Crippen LogP contribution in [0.15, 0.2) is 72.8 Å². The Balaban J connectivity index is 1.59. The zero-order valence-corrected chi connectivity index (χ0v) is 17.5. The van der Waals surface area contributed by atoms with Crippen molar-refractivity contribution in [3.8, 4) is 28.3 Å². The molecule has 0 aliphatic rings. The number of nitrogens with zero attached hydrogens (tertiary/aromatic N) is 1. The number of hydrogen-bond acceptors (Lipinski definition) is 4. The van der Waals surface area contributed by atoms with E-state index in [1.54, 1.807) is 0 Å². The van der Waals surface area contributed by atoms with E-state index < -0.39 is 0 Å². The molecule has 1 aromatic heterocycles. The van der Waals surface area contributed by atoms with Gasteiger partial charge in [0.2, 0.25) is 5.88 Å². The predicted molar refractivity (Wildman–Crippen MR) is 120 cm³/mol. The van der Waals surface area contributed by atoms with Gasteiger partial charge in [0.1, 0.15) is 0 Å². The van der Waals surface area contributed by atoms with E-state index in [0.29, 0.717) is 25.5 Å². The second kappa shape index (κ2) is 11.8. The Kier molecular flexibility index (Phi) is 8.46. The van der Waals surface area contributed by atoms with Crippen molar-refractivity contribution in [2.24, 2.45) is 0 Å². The average Bonchev–Trinajstić information content (AvgIpc) is 2.79. The van der Waals surface area contributed by atoms with Gasteiger partial charge >= 0.3 is 5.97 Å². The third-order valence-corrected chi connectivity index (χ3v) is 4.81. The van der Waals surface area contributed by atoms with Gasteiger partial charge in [0.15, 0.2) is 0 Å². The average molecular weight is 404 g/mol. The van der Waals surface area contributed by atoms with Crippen molar-refractivity contribution >= 4 is 5.97 Å². The zero-order valence-electron chi connectivity index (χ0n) is 17.5. The highest BCUT2D eigenvalue weighted by atomic mass is 16.5. The van der Waals surface area contributed by atoms with E-state index in [4.69, 9.17) is 14.5 Å². The van der Waals surface area contributed by atoms with Gasteiger partial charge in [0, 0.05) is 18.1 Å². The summed E-state index contributed by atoms with van der Waals surface area (Å²) in [4.78, 5) is 16.1. The van der Waals surface area contributed by atoms with Crippen molar-refractivity contribution in [1.82, 2.24) is 4.98 Å². The fraction of sp³-hybridized carbons (Fsp3) is 0.308. The Bertz CT molecular complexity index is 852. The maximum Gasteiger partial charge on any atom is 0.305 e. The molecule has 156 valence electrons. The number of ether oxygens (including phenoxy) is 2. The number of esters is 1. The minimum Gasteiger partial charge on any atom is -0.478 e. The Labute approximate surface area is 178 Å². The fourth-order valence-corrected chi connectivity index (χ4v) is 3.27. The minimum atomic E-state index is -0.107. The SMILES string of the molecule is CCOC(=O)CCCCCCOc1cc(-c2ccccc2)cc(-c2ccccc2)n1. The summed E-state index contributed by atoms with van der Waals surface area (Å²) in [6.45, 7) is 2.89. The molecule has 1 heterocycles. The number of unbranched alkanes of at least 4 members (excludes halogenated alkanes) is 3. The molecule has 0 fully saturated rings. The highest BCUT2D eigenvalue weighted by Crippen LogP contribution is 2.28. The van der Waals surface area contributed by atoms with Crippen molar-refractivity contribution in [1.29, 1.82) is 0 Å². The van der Waals surface area contributed by atoms with Gasteiger partial charge in [0.25, 0.3) is 0 Å². The maximum absolute atomic E-state index is 11.4. The van der Waals surface area contributed by atoms with Crippen molar-refractivity contribution in [2.45, 2.75) is 39.0 Å². The topological polar surface area (TPSA) is 48.4 Å². The number of hydrogen-bond donors (Lipinski definition) is 0. The highest BCUT2D eigenvalue weighted by molar-refractivity contribution is 5.71. The molecule has 0 radical (unpaired) electrons. The van der Waals surface area contributed by atoms with Crippen LogP contribution in [-0.4, -0.2) is 24.2 Å². The summed E-state index contributed by atoms with van der Waals surface area (Å²) >= 11 is 0. The molecule has 0 unspecified atom stereocenters. The molecule has 3 aromatic rings. The first-order valence-corrected chi connectivity index (χ1v) is 10.7. The van der Waals surface area contributed by atoms with Gasteiger partial charge in [-0.1, -0.05) is 73.5 Å². The largest absolute Gasteiger partial charge is 0.478 e. The normalized spacial score (nSPS) is 10.6. The third kappa shape index (κ3) is 6.73. The number of carbonyl (C=O) groups excluding carboxylic acids is 1. The standard InChI is InChI=1S/C26H29NO3/c1-2-29-26(28)17-11-3-4-12-18-30-25-20-23(21-13-7-5-8-14-21)19-24(27-25)22-15-9-6-10-16-22/h5-10,13-16,19-20H,2-4,11-12,17-18H2,1H3. The van der Waals surface area contributed by atoms with Gasteiger partial charge in [-0.2, -0.15) is 0 Å². The molecule has 0 spiro atoms. The Hall–Kier alpha value is -3.14. The molecular formula is C26H29NO3. The molecule has 0 atom stereocenters. The van der Waals surface area contributed by atoms with Gasteiger partial charge in [-0.15, -0.1) is 0 Å². The monoisotopic (exact) mass is 403 g/mol.